The molecule has 1 N–H and O–H groups in total. The van der Waals surface area contributed by atoms with Crippen molar-refractivity contribution >= 4 is 23.1 Å². The van der Waals surface area contributed by atoms with Gasteiger partial charge in [0.1, 0.15) is 5.82 Å². The molecule has 1 aliphatic heterocycles. The van der Waals surface area contributed by atoms with Gasteiger partial charge < -0.3 is 14.7 Å². The number of carbonyl (C=O) groups excluding carboxylic acids is 1. The summed E-state index contributed by atoms with van der Waals surface area (Å²) in [4.78, 5) is 20.7. The van der Waals surface area contributed by atoms with Crippen molar-refractivity contribution in [3.8, 4) is 11.4 Å². The Morgan fingerprint density at radius 1 is 1.19 bits per heavy atom. The van der Waals surface area contributed by atoms with Crippen LogP contribution in [0.5, 0.6) is 0 Å². The van der Waals surface area contributed by atoms with Gasteiger partial charge in [0.2, 0.25) is 11.7 Å². The SMILES string of the molecule is O=C(Nc1ccc(F)cc1)N1CCN(Cc2nc(-c3ccsc3)no2)CC1. The van der Waals surface area contributed by atoms with Gasteiger partial charge in [-0.05, 0) is 35.7 Å². The van der Waals surface area contributed by atoms with E-state index in [2.05, 4.69) is 20.4 Å². The van der Waals surface area contributed by atoms with E-state index in [-0.39, 0.29) is 11.8 Å². The summed E-state index contributed by atoms with van der Waals surface area (Å²) >= 11 is 1.59. The number of thiophene rings is 1. The molecule has 0 radical (unpaired) electrons. The molecule has 7 nitrogen and oxygen atoms in total. The number of hydrogen-bond donors (Lipinski definition) is 1. The number of urea groups is 1. The molecule has 1 fully saturated rings. The number of rotatable bonds is 4. The zero-order valence-corrected chi connectivity index (χ0v) is 15.3. The van der Waals surface area contributed by atoms with Crippen molar-refractivity contribution in [3.05, 3.63) is 52.8 Å². The van der Waals surface area contributed by atoms with E-state index in [9.17, 15) is 9.18 Å². The van der Waals surface area contributed by atoms with Crippen molar-refractivity contribution in [2.24, 2.45) is 0 Å². The third-order valence-electron chi connectivity index (χ3n) is 4.36. The van der Waals surface area contributed by atoms with E-state index in [1.165, 1.54) is 12.1 Å². The smallest absolute Gasteiger partial charge is 0.321 e. The van der Waals surface area contributed by atoms with Gasteiger partial charge in [0.15, 0.2) is 0 Å². The third kappa shape index (κ3) is 4.32. The third-order valence-corrected chi connectivity index (χ3v) is 5.04. The summed E-state index contributed by atoms with van der Waals surface area (Å²) in [5.74, 6) is 0.841. The molecule has 3 aromatic rings. The van der Waals surface area contributed by atoms with Crippen LogP contribution in [0.1, 0.15) is 5.89 Å². The molecular formula is C18H18FN5O2S. The monoisotopic (exact) mass is 387 g/mol. The van der Waals surface area contributed by atoms with Gasteiger partial charge in [-0.15, -0.1) is 0 Å². The van der Waals surface area contributed by atoms with Gasteiger partial charge in [-0.1, -0.05) is 5.16 Å². The first kappa shape index (κ1) is 17.6. The minimum absolute atomic E-state index is 0.182. The number of amides is 2. The summed E-state index contributed by atoms with van der Waals surface area (Å²) in [6.07, 6.45) is 0. The molecule has 0 spiro atoms. The zero-order chi connectivity index (χ0) is 18.6. The molecular weight excluding hydrogens is 369 g/mol. The molecule has 2 amide bonds. The Hall–Kier alpha value is -2.78. The number of nitrogens with zero attached hydrogens (tertiary/aromatic N) is 4. The highest BCUT2D eigenvalue weighted by Crippen LogP contribution is 2.19. The Labute approximate surface area is 159 Å². The van der Waals surface area contributed by atoms with Gasteiger partial charge in [-0.3, -0.25) is 4.90 Å². The van der Waals surface area contributed by atoms with E-state index in [0.29, 0.717) is 50.1 Å². The number of piperazine rings is 1. The average Bonchev–Trinajstić information content (AvgIpc) is 3.36. The van der Waals surface area contributed by atoms with Crippen LogP contribution in [0.4, 0.5) is 14.9 Å². The average molecular weight is 387 g/mol. The van der Waals surface area contributed by atoms with Crippen LogP contribution in [0.25, 0.3) is 11.4 Å². The Kier molecular flexibility index (Phi) is 5.12. The van der Waals surface area contributed by atoms with Crippen LogP contribution >= 0.6 is 11.3 Å². The fourth-order valence-corrected chi connectivity index (χ4v) is 3.50. The van der Waals surface area contributed by atoms with Crippen LogP contribution in [0, 0.1) is 5.82 Å². The fraction of sp³-hybridized carbons (Fsp3) is 0.278. The number of aromatic nitrogens is 2. The number of nitrogens with one attached hydrogen (secondary N) is 1. The molecule has 2 aromatic heterocycles. The molecule has 9 heteroatoms. The van der Waals surface area contributed by atoms with Crippen molar-refractivity contribution in [2.45, 2.75) is 6.54 Å². The number of anilines is 1. The van der Waals surface area contributed by atoms with E-state index < -0.39 is 0 Å². The largest absolute Gasteiger partial charge is 0.338 e. The highest BCUT2D eigenvalue weighted by molar-refractivity contribution is 7.08. The predicted octanol–water partition coefficient (Wildman–Crippen LogP) is 3.29. The maximum absolute atomic E-state index is 12.9. The highest BCUT2D eigenvalue weighted by Gasteiger charge is 2.22. The zero-order valence-electron chi connectivity index (χ0n) is 14.5. The van der Waals surface area contributed by atoms with Crippen LogP contribution in [0.15, 0.2) is 45.6 Å². The predicted molar refractivity (Wildman–Crippen MR) is 99.9 cm³/mol. The quantitative estimate of drug-likeness (QED) is 0.744. The Bertz CT molecular complexity index is 889. The van der Waals surface area contributed by atoms with E-state index >= 15 is 0 Å². The second kappa shape index (κ2) is 7.85. The van der Waals surface area contributed by atoms with Crippen molar-refractivity contribution < 1.29 is 13.7 Å². The van der Waals surface area contributed by atoms with Crippen LogP contribution in [-0.2, 0) is 6.54 Å². The number of hydrogen-bond acceptors (Lipinski definition) is 6. The first-order valence-electron chi connectivity index (χ1n) is 8.56. The highest BCUT2D eigenvalue weighted by atomic mass is 32.1. The molecule has 3 heterocycles. The summed E-state index contributed by atoms with van der Waals surface area (Å²) in [6, 6.07) is 7.51. The number of benzene rings is 1. The second-order valence-electron chi connectivity index (χ2n) is 6.22. The number of halogens is 1. The standard InChI is InChI=1S/C18H18FN5O2S/c19-14-1-3-15(4-2-14)20-18(25)24-8-6-23(7-9-24)11-16-21-17(22-26-16)13-5-10-27-12-13/h1-5,10,12H,6-9,11H2,(H,20,25). The molecule has 27 heavy (non-hydrogen) atoms. The molecule has 1 saturated heterocycles. The lowest BCUT2D eigenvalue weighted by molar-refractivity contribution is 0.133. The summed E-state index contributed by atoms with van der Waals surface area (Å²) in [5.41, 5.74) is 1.54. The lowest BCUT2D eigenvalue weighted by Crippen LogP contribution is -2.49. The first-order valence-corrected chi connectivity index (χ1v) is 9.51. The molecule has 140 valence electrons. The molecule has 0 atom stereocenters. The van der Waals surface area contributed by atoms with Gasteiger partial charge >= 0.3 is 6.03 Å². The molecule has 0 saturated carbocycles. The Morgan fingerprint density at radius 3 is 2.67 bits per heavy atom. The van der Waals surface area contributed by atoms with E-state index in [1.54, 1.807) is 28.4 Å². The Balaban J connectivity index is 1.27. The van der Waals surface area contributed by atoms with Gasteiger partial charge in [0, 0.05) is 42.8 Å². The molecule has 0 bridgehead atoms. The van der Waals surface area contributed by atoms with Gasteiger partial charge in [-0.2, -0.15) is 16.3 Å². The molecule has 1 aromatic carbocycles. The van der Waals surface area contributed by atoms with Crippen molar-refractivity contribution in [3.63, 3.8) is 0 Å². The van der Waals surface area contributed by atoms with Gasteiger partial charge in [0.05, 0.1) is 6.54 Å². The molecule has 4 rings (SSSR count). The van der Waals surface area contributed by atoms with Gasteiger partial charge in [-0.25, -0.2) is 9.18 Å². The molecule has 0 aliphatic carbocycles. The lowest BCUT2D eigenvalue weighted by Gasteiger charge is -2.33. The summed E-state index contributed by atoms with van der Waals surface area (Å²) in [7, 11) is 0. The van der Waals surface area contributed by atoms with Crippen LogP contribution < -0.4 is 5.32 Å². The molecule has 1 aliphatic rings. The second-order valence-corrected chi connectivity index (χ2v) is 7.00. The Morgan fingerprint density at radius 2 is 1.96 bits per heavy atom. The number of carbonyl (C=O) groups is 1. The topological polar surface area (TPSA) is 74.5 Å². The summed E-state index contributed by atoms with van der Waals surface area (Å²) < 4.78 is 18.3. The van der Waals surface area contributed by atoms with E-state index in [1.807, 2.05) is 16.8 Å². The van der Waals surface area contributed by atoms with Crippen LogP contribution in [-0.4, -0.2) is 52.2 Å². The first-order chi connectivity index (χ1) is 13.2. The van der Waals surface area contributed by atoms with E-state index in [4.69, 9.17) is 4.52 Å². The van der Waals surface area contributed by atoms with E-state index in [0.717, 1.165) is 5.56 Å². The fourth-order valence-electron chi connectivity index (χ4n) is 2.86. The van der Waals surface area contributed by atoms with Crippen LogP contribution in [0.2, 0.25) is 0 Å². The van der Waals surface area contributed by atoms with Gasteiger partial charge in [0.25, 0.3) is 0 Å². The lowest BCUT2D eigenvalue weighted by atomic mass is 10.3. The normalized spacial score (nSPS) is 15.1. The van der Waals surface area contributed by atoms with Crippen molar-refractivity contribution in [2.75, 3.05) is 31.5 Å². The maximum Gasteiger partial charge on any atom is 0.321 e. The minimum atomic E-state index is -0.329. The van der Waals surface area contributed by atoms with Crippen molar-refractivity contribution in [1.29, 1.82) is 0 Å². The molecule has 0 unspecified atom stereocenters. The minimum Gasteiger partial charge on any atom is -0.338 e. The van der Waals surface area contributed by atoms with Crippen LogP contribution in [0.3, 0.4) is 0 Å². The van der Waals surface area contributed by atoms with Crippen molar-refractivity contribution in [1.82, 2.24) is 19.9 Å². The maximum atomic E-state index is 12.9. The summed E-state index contributed by atoms with van der Waals surface area (Å²) in [5, 5.41) is 10.8. The summed E-state index contributed by atoms with van der Waals surface area (Å²) in [6.45, 7) is 3.18.